The Morgan fingerprint density at radius 2 is 2.07 bits per heavy atom. The molecular formula is C10H13N3O2. The summed E-state index contributed by atoms with van der Waals surface area (Å²) >= 11 is 0. The van der Waals surface area contributed by atoms with E-state index in [4.69, 9.17) is 5.11 Å². The molecule has 0 radical (unpaired) electrons. The van der Waals surface area contributed by atoms with E-state index in [0.29, 0.717) is 13.1 Å². The molecule has 0 aliphatic carbocycles. The highest BCUT2D eigenvalue weighted by Gasteiger charge is 2.20. The number of amides is 1. The summed E-state index contributed by atoms with van der Waals surface area (Å²) < 4.78 is 0. The van der Waals surface area contributed by atoms with Gasteiger partial charge >= 0.3 is 6.09 Å². The van der Waals surface area contributed by atoms with Crippen LogP contribution in [0.4, 0.5) is 10.5 Å². The maximum atomic E-state index is 10.7. The first-order valence-corrected chi connectivity index (χ1v) is 4.90. The van der Waals surface area contributed by atoms with Gasteiger partial charge in [-0.1, -0.05) is 0 Å². The molecule has 5 heteroatoms. The molecule has 1 N–H and O–H groups in total. The minimum absolute atomic E-state index is 0.560. The number of rotatable bonds is 1. The van der Waals surface area contributed by atoms with Crippen LogP contribution in [-0.4, -0.2) is 47.3 Å². The second-order valence-electron chi connectivity index (χ2n) is 3.47. The molecule has 0 atom stereocenters. The Morgan fingerprint density at radius 3 is 2.60 bits per heavy atom. The summed E-state index contributed by atoms with van der Waals surface area (Å²) in [5, 5.41) is 8.79. The smallest absolute Gasteiger partial charge is 0.407 e. The number of carbonyl (C=O) groups is 1. The number of anilines is 1. The summed E-state index contributed by atoms with van der Waals surface area (Å²) in [6.07, 6.45) is 2.70. The third kappa shape index (κ3) is 2.18. The van der Waals surface area contributed by atoms with Crippen molar-refractivity contribution in [2.75, 3.05) is 31.1 Å². The summed E-state index contributed by atoms with van der Waals surface area (Å²) in [6, 6.07) is 3.88. The normalized spacial score (nSPS) is 16.5. The Morgan fingerprint density at radius 1 is 1.33 bits per heavy atom. The van der Waals surface area contributed by atoms with Gasteiger partial charge in [0.1, 0.15) is 0 Å². The molecule has 0 saturated carbocycles. The summed E-state index contributed by atoms with van der Waals surface area (Å²) in [4.78, 5) is 18.3. The maximum Gasteiger partial charge on any atom is 0.407 e. The summed E-state index contributed by atoms with van der Waals surface area (Å²) in [5.74, 6) is 0. The quantitative estimate of drug-likeness (QED) is 0.742. The number of hydrogen-bond donors (Lipinski definition) is 1. The van der Waals surface area contributed by atoms with Crippen LogP contribution in [-0.2, 0) is 0 Å². The number of pyridine rings is 1. The number of nitrogens with zero attached hydrogens (tertiary/aromatic N) is 3. The Balaban J connectivity index is 1.97. The van der Waals surface area contributed by atoms with Gasteiger partial charge in [0.05, 0.1) is 11.9 Å². The van der Waals surface area contributed by atoms with Crippen LogP contribution in [0.3, 0.4) is 0 Å². The maximum absolute atomic E-state index is 10.7. The molecule has 1 saturated heterocycles. The predicted octanol–water partition coefficient (Wildman–Crippen LogP) is 0.882. The van der Waals surface area contributed by atoms with Crippen LogP contribution in [0.2, 0.25) is 0 Å². The number of hydrogen-bond acceptors (Lipinski definition) is 3. The first kappa shape index (κ1) is 9.76. The third-order valence-electron chi connectivity index (χ3n) is 2.56. The number of piperazine rings is 1. The van der Waals surface area contributed by atoms with E-state index in [9.17, 15) is 4.79 Å². The van der Waals surface area contributed by atoms with Crippen LogP contribution >= 0.6 is 0 Å². The van der Waals surface area contributed by atoms with Crippen molar-refractivity contribution in [1.82, 2.24) is 9.88 Å². The monoisotopic (exact) mass is 207 g/mol. The average molecular weight is 207 g/mol. The van der Waals surface area contributed by atoms with Crippen molar-refractivity contribution in [3.63, 3.8) is 0 Å². The molecule has 0 bridgehead atoms. The lowest BCUT2D eigenvalue weighted by Gasteiger charge is -2.34. The first-order valence-electron chi connectivity index (χ1n) is 4.90. The van der Waals surface area contributed by atoms with Crippen molar-refractivity contribution in [2.45, 2.75) is 0 Å². The van der Waals surface area contributed by atoms with E-state index in [-0.39, 0.29) is 0 Å². The second-order valence-corrected chi connectivity index (χ2v) is 3.47. The standard InChI is InChI=1S/C10H13N3O2/c14-10(15)13-6-4-12(5-7-13)9-2-1-3-11-8-9/h1-3,8H,4-7H2,(H,14,15). The van der Waals surface area contributed by atoms with Crippen LogP contribution in [0.5, 0.6) is 0 Å². The highest BCUT2D eigenvalue weighted by molar-refractivity contribution is 5.65. The molecule has 0 unspecified atom stereocenters. The molecule has 1 fully saturated rings. The zero-order valence-corrected chi connectivity index (χ0v) is 8.33. The topological polar surface area (TPSA) is 56.7 Å². The van der Waals surface area contributed by atoms with E-state index in [1.807, 2.05) is 12.1 Å². The van der Waals surface area contributed by atoms with Gasteiger partial charge in [0, 0.05) is 32.4 Å². The summed E-state index contributed by atoms with van der Waals surface area (Å²) in [7, 11) is 0. The summed E-state index contributed by atoms with van der Waals surface area (Å²) in [5.41, 5.74) is 1.06. The van der Waals surface area contributed by atoms with Crippen LogP contribution in [0.25, 0.3) is 0 Å². The molecular weight excluding hydrogens is 194 g/mol. The Bertz CT molecular complexity index is 334. The molecule has 5 nitrogen and oxygen atoms in total. The first-order chi connectivity index (χ1) is 7.27. The molecule has 1 aromatic rings. The van der Waals surface area contributed by atoms with Crippen molar-refractivity contribution in [3.8, 4) is 0 Å². The molecule has 1 aliphatic rings. The molecule has 2 rings (SSSR count). The van der Waals surface area contributed by atoms with Crippen LogP contribution in [0.15, 0.2) is 24.5 Å². The SMILES string of the molecule is O=C(O)N1CCN(c2cccnc2)CC1. The highest BCUT2D eigenvalue weighted by Crippen LogP contribution is 2.14. The fraction of sp³-hybridized carbons (Fsp3) is 0.400. The van der Waals surface area contributed by atoms with Crippen LogP contribution < -0.4 is 4.90 Å². The van der Waals surface area contributed by atoms with E-state index >= 15 is 0 Å². The van der Waals surface area contributed by atoms with Crippen molar-refractivity contribution in [1.29, 1.82) is 0 Å². The van der Waals surface area contributed by atoms with Crippen molar-refractivity contribution in [3.05, 3.63) is 24.5 Å². The molecule has 1 aliphatic heterocycles. The zero-order valence-electron chi connectivity index (χ0n) is 8.33. The van der Waals surface area contributed by atoms with Crippen LogP contribution in [0.1, 0.15) is 0 Å². The second kappa shape index (κ2) is 4.16. The molecule has 1 aromatic heterocycles. The minimum Gasteiger partial charge on any atom is -0.465 e. The fourth-order valence-electron chi connectivity index (χ4n) is 1.70. The van der Waals surface area contributed by atoms with E-state index < -0.39 is 6.09 Å². The average Bonchev–Trinajstić information content (AvgIpc) is 2.30. The van der Waals surface area contributed by atoms with Gasteiger partial charge in [-0.25, -0.2) is 4.79 Å². The van der Waals surface area contributed by atoms with Gasteiger partial charge in [-0.05, 0) is 12.1 Å². The largest absolute Gasteiger partial charge is 0.465 e. The lowest BCUT2D eigenvalue weighted by Crippen LogP contribution is -2.48. The van der Waals surface area contributed by atoms with Crippen molar-refractivity contribution in [2.24, 2.45) is 0 Å². The van der Waals surface area contributed by atoms with E-state index in [0.717, 1.165) is 18.8 Å². The third-order valence-corrected chi connectivity index (χ3v) is 2.56. The lowest BCUT2D eigenvalue weighted by atomic mass is 10.3. The highest BCUT2D eigenvalue weighted by atomic mass is 16.4. The van der Waals surface area contributed by atoms with Gasteiger partial charge in [0.2, 0.25) is 0 Å². The predicted molar refractivity (Wildman–Crippen MR) is 56.0 cm³/mol. The minimum atomic E-state index is -0.833. The zero-order chi connectivity index (χ0) is 10.7. The van der Waals surface area contributed by atoms with E-state index in [1.165, 1.54) is 4.90 Å². The molecule has 0 aromatic carbocycles. The van der Waals surface area contributed by atoms with Gasteiger partial charge in [-0.2, -0.15) is 0 Å². The lowest BCUT2D eigenvalue weighted by molar-refractivity contribution is 0.142. The fourth-order valence-corrected chi connectivity index (χ4v) is 1.70. The molecule has 2 heterocycles. The van der Waals surface area contributed by atoms with Gasteiger partial charge in [-0.15, -0.1) is 0 Å². The van der Waals surface area contributed by atoms with E-state index in [1.54, 1.807) is 12.4 Å². The Kier molecular flexibility index (Phi) is 2.71. The van der Waals surface area contributed by atoms with Gasteiger partial charge in [0.25, 0.3) is 0 Å². The molecule has 1 amide bonds. The summed E-state index contributed by atoms with van der Waals surface area (Å²) in [6.45, 7) is 2.59. The molecule has 15 heavy (non-hydrogen) atoms. The number of carboxylic acid groups (broad SMARTS) is 1. The number of aromatic nitrogens is 1. The van der Waals surface area contributed by atoms with Gasteiger partial charge < -0.3 is 14.9 Å². The van der Waals surface area contributed by atoms with Gasteiger partial charge in [0.15, 0.2) is 0 Å². The van der Waals surface area contributed by atoms with Crippen molar-refractivity contribution >= 4 is 11.8 Å². The molecule has 0 spiro atoms. The van der Waals surface area contributed by atoms with Crippen LogP contribution in [0, 0.1) is 0 Å². The van der Waals surface area contributed by atoms with Crippen molar-refractivity contribution < 1.29 is 9.90 Å². The Labute approximate surface area is 87.9 Å². The van der Waals surface area contributed by atoms with Gasteiger partial charge in [-0.3, -0.25) is 4.98 Å². The van der Waals surface area contributed by atoms with E-state index in [2.05, 4.69) is 9.88 Å². The Hall–Kier alpha value is -1.78. The molecule has 80 valence electrons.